The number of hydrogen-bond donors (Lipinski definition) is 3. The lowest BCUT2D eigenvalue weighted by molar-refractivity contribution is 0.0696. The SMILES string of the molecule is O=C(O)c1ccnc(C2=CN(CCNCc3ccccc3Cl)CN2)c1. The average molecular weight is 359 g/mol. The number of rotatable bonds is 7. The predicted octanol–water partition coefficient (Wildman–Crippen LogP) is 2.38. The maximum Gasteiger partial charge on any atom is 0.335 e. The average Bonchev–Trinajstić information content (AvgIpc) is 3.09. The van der Waals surface area contributed by atoms with Crippen LogP contribution in [0.5, 0.6) is 0 Å². The molecule has 0 aliphatic carbocycles. The fourth-order valence-corrected chi connectivity index (χ4v) is 2.76. The fraction of sp³-hybridized carbons (Fsp3) is 0.222. The summed E-state index contributed by atoms with van der Waals surface area (Å²) in [5.74, 6) is -0.956. The van der Waals surface area contributed by atoms with E-state index in [0.717, 1.165) is 35.9 Å². The van der Waals surface area contributed by atoms with Gasteiger partial charge in [-0.2, -0.15) is 0 Å². The lowest BCUT2D eigenvalue weighted by Crippen LogP contribution is -2.29. The molecule has 3 N–H and O–H groups in total. The van der Waals surface area contributed by atoms with E-state index in [-0.39, 0.29) is 5.56 Å². The van der Waals surface area contributed by atoms with Gasteiger partial charge in [-0.15, -0.1) is 0 Å². The summed E-state index contributed by atoms with van der Waals surface area (Å²) in [5, 5.41) is 16.4. The van der Waals surface area contributed by atoms with E-state index >= 15 is 0 Å². The molecule has 0 atom stereocenters. The van der Waals surface area contributed by atoms with E-state index in [1.807, 2.05) is 30.5 Å². The minimum Gasteiger partial charge on any atom is -0.478 e. The van der Waals surface area contributed by atoms with E-state index in [9.17, 15) is 4.79 Å². The third-order valence-electron chi connectivity index (χ3n) is 3.92. The topological polar surface area (TPSA) is 77.5 Å². The Kier molecular flexibility index (Phi) is 5.53. The lowest BCUT2D eigenvalue weighted by Gasteiger charge is -2.15. The van der Waals surface area contributed by atoms with Crippen molar-refractivity contribution in [2.45, 2.75) is 6.54 Å². The van der Waals surface area contributed by atoms with E-state index in [1.165, 1.54) is 12.3 Å². The first-order chi connectivity index (χ1) is 12.1. The van der Waals surface area contributed by atoms with Gasteiger partial charge in [0.1, 0.15) is 0 Å². The molecule has 7 heteroatoms. The number of hydrogen-bond acceptors (Lipinski definition) is 5. The van der Waals surface area contributed by atoms with Crippen LogP contribution in [0, 0.1) is 0 Å². The molecule has 1 aliphatic heterocycles. The van der Waals surface area contributed by atoms with Crippen molar-refractivity contribution in [3.05, 3.63) is 70.6 Å². The van der Waals surface area contributed by atoms with Crippen LogP contribution >= 0.6 is 11.6 Å². The first kappa shape index (κ1) is 17.3. The van der Waals surface area contributed by atoms with Gasteiger partial charge in [-0.25, -0.2) is 4.79 Å². The van der Waals surface area contributed by atoms with Crippen LogP contribution in [0.4, 0.5) is 0 Å². The van der Waals surface area contributed by atoms with Gasteiger partial charge < -0.3 is 20.6 Å². The molecule has 25 heavy (non-hydrogen) atoms. The predicted molar refractivity (Wildman–Crippen MR) is 97.0 cm³/mol. The summed E-state index contributed by atoms with van der Waals surface area (Å²) in [6.07, 6.45) is 3.47. The molecule has 1 aromatic carbocycles. The molecule has 130 valence electrons. The fourth-order valence-electron chi connectivity index (χ4n) is 2.56. The first-order valence-corrected chi connectivity index (χ1v) is 8.35. The van der Waals surface area contributed by atoms with Crippen molar-refractivity contribution in [2.75, 3.05) is 19.8 Å². The van der Waals surface area contributed by atoms with Crippen LogP contribution in [0.1, 0.15) is 21.6 Å². The Morgan fingerprint density at radius 2 is 2.20 bits per heavy atom. The summed E-state index contributed by atoms with van der Waals surface area (Å²) in [7, 11) is 0. The molecule has 0 radical (unpaired) electrons. The van der Waals surface area contributed by atoms with Crippen LogP contribution < -0.4 is 10.6 Å². The van der Waals surface area contributed by atoms with Gasteiger partial charge in [0.15, 0.2) is 0 Å². The van der Waals surface area contributed by atoms with Crippen molar-refractivity contribution in [2.24, 2.45) is 0 Å². The van der Waals surface area contributed by atoms with Gasteiger partial charge in [0.25, 0.3) is 0 Å². The van der Waals surface area contributed by atoms with E-state index in [4.69, 9.17) is 16.7 Å². The number of aromatic carboxylic acids is 1. The zero-order valence-corrected chi connectivity index (χ0v) is 14.3. The summed E-state index contributed by atoms with van der Waals surface area (Å²) >= 11 is 6.13. The summed E-state index contributed by atoms with van der Waals surface area (Å²) in [5.41, 5.74) is 2.77. The standard InChI is InChI=1S/C18H19ClN4O2/c19-15-4-2-1-3-14(15)10-20-7-8-23-11-17(22-12-23)16-9-13(18(24)25)5-6-21-16/h1-6,9,11,20,22H,7-8,10,12H2,(H,24,25). The number of nitrogens with zero attached hydrogens (tertiary/aromatic N) is 2. The van der Waals surface area contributed by atoms with Crippen LogP contribution in [0.2, 0.25) is 5.02 Å². The van der Waals surface area contributed by atoms with Crippen LogP contribution in [0.3, 0.4) is 0 Å². The second kappa shape index (κ2) is 8.00. The Balaban J connectivity index is 1.51. The van der Waals surface area contributed by atoms with Crippen LogP contribution in [0.15, 0.2) is 48.8 Å². The highest BCUT2D eigenvalue weighted by Gasteiger charge is 2.15. The summed E-state index contributed by atoms with van der Waals surface area (Å²) in [6, 6.07) is 10.8. The summed E-state index contributed by atoms with van der Waals surface area (Å²) in [4.78, 5) is 17.4. The van der Waals surface area contributed by atoms with E-state index < -0.39 is 5.97 Å². The van der Waals surface area contributed by atoms with E-state index in [2.05, 4.69) is 20.5 Å². The third-order valence-corrected chi connectivity index (χ3v) is 4.28. The molecule has 2 aromatic rings. The van der Waals surface area contributed by atoms with Crippen molar-refractivity contribution in [1.82, 2.24) is 20.5 Å². The van der Waals surface area contributed by atoms with Gasteiger partial charge >= 0.3 is 5.97 Å². The second-order valence-corrected chi connectivity index (χ2v) is 6.10. The van der Waals surface area contributed by atoms with Crippen LogP contribution in [-0.2, 0) is 6.54 Å². The molecule has 0 saturated heterocycles. The maximum atomic E-state index is 11.1. The second-order valence-electron chi connectivity index (χ2n) is 5.69. The largest absolute Gasteiger partial charge is 0.478 e. The van der Waals surface area contributed by atoms with Crippen molar-refractivity contribution in [3.63, 3.8) is 0 Å². The number of carbonyl (C=O) groups is 1. The van der Waals surface area contributed by atoms with Gasteiger partial charge in [-0.05, 0) is 23.8 Å². The van der Waals surface area contributed by atoms with Crippen molar-refractivity contribution in [3.8, 4) is 0 Å². The van der Waals surface area contributed by atoms with E-state index in [0.29, 0.717) is 12.4 Å². The zero-order valence-electron chi connectivity index (χ0n) is 13.6. The highest BCUT2D eigenvalue weighted by molar-refractivity contribution is 6.31. The zero-order chi connectivity index (χ0) is 17.6. The van der Waals surface area contributed by atoms with Gasteiger partial charge in [0.2, 0.25) is 0 Å². The van der Waals surface area contributed by atoms with Gasteiger partial charge in [0, 0.05) is 37.1 Å². The van der Waals surface area contributed by atoms with Crippen LogP contribution in [0.25, 0.3) is 5.70 Å². The Morgan fingerprint density at radius 1 is 1.36 bits per heavy atom. The molecule has 1 aliphatic rings. The van der Waals surface area contributed by atoms with Gasteiger partial charge in [-0.1, -0.05) is 29.8 Å². The van der Waals surface area contributed by atoms with Gasteiger partial charge in [0.05, 0.1) is 23.6 Å². The number of halogens is 1. The number of benzene rings is 1. The Hall–Kier alpha value is -2.57. The number of carboxylic acids is 1. The molecular formula is C18H19ClN4O2. The Bertz CT molecular complexity index is 794. The molecule has 0 spiro atoms. The monoisotopic (exact) mass is 358 g/mol. The molecule has 6 nitrogen and oxygen atoms in total. The number of aromatic nitrogens is 1. The van der Waals surface area contributed by atoms with E-state index in [1.54, 1.807) is 6.07 Å². The Morgan fingerprint density at radius 3 is 3.00 bits per heavy atom. The summed E-state index contributed by atoms with van der Waals surface area (Å²) in [6.45, 7) is 3.01. The minimum absolute atomic E-state index is 0.229. The van der Waals surface area contributed by atoms with Gasteiger partial charge in [-0.3, -0.25) is 4.98 Å². The summed E-state index contributed by atoms with van der Waals surface area (Å²) < 4.78 is 0. The molecule has 0 saturated carbocycles. The number of pyridine rings is 1. The quantitative estimate of drug-likeness (QED) is 0.660. The smallest absolute Gasteiger partial charge is 0.335 e. The lowest BCUT2D eigenvalue weighted by atomic mass is 10.2. The highest BCUT2D eigenvalue weighted by atomic mass is 35.5. The normalized spacial score (nSPS) is 13.5. The molecule has 2 heterocycles. The molecule has 0 bridgehead atoms. The molecule has 1 aromatic heterocycles. The molecule has 3 rings (SSSR count). The first-order valence-electron chi connectivity index (χ1n) is 7.97. The third kappa shape index (κ3) is 4.49. The molecule has 0 amide bonds. The van der Waals surface area contributed by atoms with Crippen molar-refractivity contribution >= 4 is 23.3 Å². The Labute approximate surface area is 151 Å². The molecule has 0 unspecified atom stereocenters. The number of carboxylic acid groups (broad SMARTS) is 1. The molecular weight excluding hydrogens is 340 g/mol. The molecule has 0 fully saturated rings. The number of nitrogens with one attached hydrogen (secondary N) is 2. The van der Waals surface area contributed by atoms with Crippen LogP contribution in [-0.4, -0.2) is 40.7 Å². The maximum absolute atomic E-state index is 11.1. The minimum atomic E-state index is -0.956. The highest BCUT2D eigenvalue weighted by Crippen LogP contribution is 2.16. The van der Waals surface area contributed by atoms with Crippen molar-refractivity contribution < 1.29 is 9.90 Å². The van der Waals surface area contributed by atoms with Crippen molar-refractivity contribution in [1.29, 1.82) is 0 Å².